The zero-order valence-corrected chi connectivity index (χ0v) is 15.0. The van der Waals surface area contributed by atoms with E-state index in [9.17, 15) is 9.59 Å². The molecule has 2 saturated heterocycles. The Morgan fingerprint density at radius 3 is 2.84 bits per heavy atom. The molecule has 0 aliphatic carbocycles. The molecule has 2 aliphatic rings. The van der Waals surface area contributed by atoms with E-state index in [0.29, 0.717) is 43.1 Å². The molecule has 2 heterocycles. The van der Waals surface area contributed by atoms with Gasteiger partial charge in [0.2, 0.25) is 5.91 Å². The van der Waals surface area contributed by atoms with Gasteiger partial charge >= 0.3 is 0 Å². The van der Waals surface area contributed by atoms with E-state index in [-0.39, 0.29) is 30.3 Å². The normalized spacial score (nSPS) is 22.6. The second-order valence-corrected chi connectivity index (χ2v) is 6.08. The molecule has 2 amide bonds. The van der Waals surface area contributed by atoms with Crippen molar-refractivity contribution in [2.24, 2.45) is 5.73 Å². The Balaban J connectivity index is 0.00000225. The summed E-state index contributed by atoms with van der Waals surface area (Å²) in [4.78, 5) is 26.0. The quantitative estimate of drug-likeness (QED) is 0.823. The summed E-state index contributed by atoms with van der Waals surface area (Å²) in [5.41, 5.74) is 6.88. The van der Waals surface area contributed by atoms with Crippen LogP contribution < -0.4 is 20.7 Å². The number of anilines is 2. The second-order valence-electron chi connectivity index (χ2n) is 6.08. The lowest BCUT2D eigenvalue weighted by molar-refractivity contribution is -0.126. The molecule has 1 aromatic rings. The molecule has 8 heteroatoms. The first-order valence-corrected chi connectivity index (χ1v) is 8.27. The molecule has 0 unspecified atom stereocenters. The maximum Gasteiger partial charge on any atom is 0.253 e. The number of hydrogen-bond acceptors (Lipinski definition) is 5. The lowest BCUT2D eigenvalue weighted by atomic mass is 10.2. The molecule has 1 aromatic carbocycles. The minimum absolute atomic E-state index is 0. The van der Waals surface area contributed by atoms with Crippen LogP contribution in [0.15, 0.2) is 18.2 Å². The lowest BCUT2D eigenvalue weighted by Crippen LogP contribution is -2.30. The Labute approximate surface area is 153 Å². The van der Waals surface area contributed by atoms with E-state index in [1.54, 1.807) is 30.2 Å². The fourth-order valence-corrected chi connectivity index (χ4v) is 3.18. The number of carbonyl (C=O) groups is 2. The predicted molar refractivity (Wildman–Crippen MR) is 97.4 cm³/mol. The number of halogens is 1. The van der Waals surface area contributed by atoms with Gasteiger partial charge in [0.05, 0.1) is 18.9 Å². The van der Waals surface area contributed by atoms with Crippen molar-refractivity contribution < 1.29 is 19.1 Å². The van der Waals surface area contributed by atoms with Crippen LogP contribution in [0.1, 0.15) is 25.7 Å². The molecule has 0 aromatic heterocycles. The number of rotatable bonds is 5. The standard InChI is InChI=1S/C17H23N3O4.ClH/c1-23-14-6-4-11(9-13(14)20-8-2-3-16(20)21)19-17(22)15-7-5-12(10-18)24-15;/h4,6,9,12,15H,2-3,5,7-8,10,18H2,1H3,(H,19,22);1H/t12-,15+;/m1./s1. The number of methoxy groups -OCH3 is 1. The van der Waals surface area contributed by atoms with Gasteiger partial charge in [-0.1, -0.05) is 0 Å². The van der Waals surface area contributed by atoms with Gasteiger partial charge in [0, 0.05) is 25.2 Å². The number of nitrogens with zero attached hydrogens (tertiary/aromatic N) is 1. The van der Waals surface area contributed by atoms with Crippen LogP contribution in [-0.2, 0) is 14.3 Å². The van der Waals surface area contributed by atoms with Crippen LogP contribution in [0, 0.1) is 0 Å². The smallest absolute Gasteiger partial charge is 0.253 e. The molecule has 25 heavy (non-hydrogen) atoms. The Kier molecular flexibility index (Phi) is 6.64. The van der Waals surface area contributed by atoms with Gasteiger partial charge in [-0.05, 0) is 37.5 Å². The minimum atomic E-state index is -0.475. The predicted octanol–water partition coefficient (Wildman–Crippen LogP) is 1.69. The van der Waals surface area contributed by atoms with Crippen LogP contribution in [0.3, 0.4) is 0 Å². The summed E-state index contributed by atoms with van der Waals surface area (Å²) >= 11 is 0. The number of hydrogen-bond donors (Lipinski definition) is 2. The van der Waals surface area contributed by atoms with E-state index in [1.165, 1.54) is 0 Å². The van der Waals surface area contributed by atoms with Gasteiger partial charge in [-0.25, -0.2) is 0 Å². The maximum absolute atomic E-state index is 12.3. The maximum atomic E-state index is 12.3. The first-order valence-electron chi connectivity index (χ1n) is 8.27. The third-order valence-corrected chi connectivity index (χ3v) is 4.47. The third-order valence-electron chi connectivity index (χ3n) is 4.47. The van der Waals surface area contributed by atoms with E-state index < -0.39 is 6.10 Å². The molecule has 2 aliphatic heterocycles. The van der Waals surface area contributed by atoms with Crippen molar-refractivity contribution in [1.82, 2.24) is 0 Å². The van der Waals surface area contributed by atoms with Crippen LogP contribution in [-0.4, -0.2) is 44.2 Å². The minimum Gasteiger partial charge on any atom is -0.495 e. The SMILES string of the molecule is COc1ccc(NC(=O)[C@@H]2CC[C@H](CN)O2)cc1N1CCCC1=O.Cl. The Hall–Kier alpha value is -1.83. The van der Waals surface area contributed by atoms with E-state index in [2.05, 4.69) is 5.32 Å². The fourth-order valence-electron chi connectivity index (χ4n) is 3.18. The summed E-state index contributed by atoms with van der Waals surface area (Å²) in [5.74, 6) is 0.500. The fraction of sp³-hybridized carbons (Fsp3) is 0.529. The summed E-state index contributed by atoms with van der Waals surface area (Å²) in [6.07, 6.45) is 2.31. The van der Waals surface area contributed by atoms with Gasteiger partial charge in [0.1, 0.15) is 11.9 Å². The number of carbonyl (C=O) groups excluding carboxylic acids is 2. The third kappa shape index (κ3) is 4.23. The van der Waals surface area contributed by atoms with Gasteiger partial charge in [-0.15, -0.1) is 12.4 Å². The molecule has 0 saturated carbocycles. The van der Waals surface area contributed by atoms with Crippen molar-refractivity contribution in [2.45, 2.75) is 37.9 Å². The summed E-state index contributed by atoms with van der Waals surface area (Å²) in [5, 5.41) is 2.86. The molecule has 0 radical (unpaired) electrons. The van der Waals surface area contributed by atoms with Crippen LogP contribution in [0.25, 0.3) is 0 Å². The van der Waals surface area contributed by atoms with Crippen molar-refractivity contribution in [2.75, 3.05) is 30.4 Å². The summed E-state index contributed by atoms with van der Waals surface area (Å²) in [7, 11) is 1.57. The summed E-state index contributed by atoms with van der Waals surface area (Å²) < 4.78 is 11.0. The Bertz CT molecular complexity index is 640. The summed E-state index contributed by atoms with van der Waals surface area (Å²) in [6.45, 7) is 1.09. The summed E-state index contributed by atoms with van der Waals surface area (Å²) in [6, 6.07) is 5.29. The molecule has 3 N–H and O–H groups in total. The number of nitrogens with one attached hydrogen (secondary N) is 1. The lowest BCUT2D eigenvalue weighted by Gasteiger charge is -2.20. The van der Waals surface area contributed by atoms with Crippen LogP contribution >= 0.6 is 12.4 Å². The molecule has 138 valence electrons. The van der Waals surface area contributed by atoms with E-state index >= 15 is 0 Å². The average molecular weight is 370 g/mol. The Morgan fingerprint density at radius 1 is 1.44 bits per heavy atom. The topological polar surface area (TPSA) is 93.9 Å². The van der Waals surface area contributed by atoms with Gasteiger partial charge in [-0.3, -0.25) is 9.59 Å². The number of ether oxygens (including phenoxy) is 2. The highest BCUT2D eigenvalue weighted by atomic mass is 35.5. The van der Waals surface area contributed by atoms with Crippen molar-refractivity contribution in [3.05, 3.63) is 18.2 Å². The van der Waals surface area contributed by atoms with Crippen LogP contribution in [0.4, 0.5) is 11.4 Å². The van der Waals surface area contributed by atoms with Crippen molar-refractivity contribution >= 4 is 35.6 Å². The van der Waals surface area contributed by atoms with Crippen LogP contribution in [0.2, 0.25) is 0 Å². The molecule has 7 nitrogen and oxygen atoms in total. The second kappa shape index (κ2) is 8.51. The molecule has 2 fully saturated rings. The van der Waals surface area contributed by atoms with E-state index in [0.717, 1.165) is 12.8 Å². The molecule has 0 bridgehead atoms. The highest BCUT2D eigenvalue weighted by Gasteiger charge is 2.30. The van der Waals surface area contributed by atoms with E-state index in [1.807, 2.05) is 0 Å². The van der Waals surface area contributed by atoms with Gasteiger partial charge in [-0.2, -0.15) is 0 Å². The number of benzene rings is 1. The van der Waals surface area contributed by atoms with E-state index in [4.69, 9.17) is 15.2 Å². The van der Waals surface area contributed by atoms with Crippen LogP contribution in [0.5, 0.6) is 5.75 Å². The highest BCUT2D eigenvalue weighted by molar-refractivity contribution is 5.99. The van der Waals surface area contributed by atoms with Gasteiger partial charge in [0.15, 0.2) is 0 Å². The van der Waals surface area contributed by atoms with Gasteiger partial charge < -0.3 is 25.4 Å². The largest absolute Gasteiger partial charge is 0.495 e. The number of nitrogens with two attached hydrogens (primary N) is 1. The molecule has 2 atom stereocenters. The number of amides is 2. The van der Waals surface area contributed by atoms with Crippen molar-refractivity contribution in [3.8, 4) is 5.75 Å². The van der Waals surface area contributed by atoms with Gasteiger partial charge in [0.25, 0.3) is 5.91 Å². The zero-order valence-electron chi connectivity index (χ0n) is 14.2. The van der Waals surface area contributed by atoms with Crippen molar-refractivity contribution in [1.29, 1.82) is 0 Å². The highest BCUT2D eigenvalue weighted by Crippen LogP contribution is 2.34. The first-order chi connectivity index (χ1) is 11.6. The van der Waals surface area contributed by atoms with Crippen molar-refractivity contribution in [3.63, 3.8) is 0 Å². The molecular formula is C17H24ClN3O4. The molecular weight excluding hydrogens is 346 g/mol. The monoisotopic (exact) mass is 369 g/mol. The average Bonchev–Trinajstić information content (AvgIpc) is 3.23. The Morgan fingerprint density at radius 2 is 2.24 bits per heavy atom. The molecule has 3 rings (SSSR count). The first kappa shape index (κ1) is 19.5. The zero-order chi connectivity index (χ0) is 17.1. The molecule has 0 spiro atoms.